The van der Waals surface area contributed by atoms with Crippen LogP contribution in [0.25, 0.3) is 0 Å². The molecule has 0 spiro atoms. The highest BCUT2D eigenvalue weighted by Crippen LogP contribution is 2.23. The van der Waals surface area contributed by atoms with E-state index in [2.05, 4.69) is 44.4 Å². The van der Waals surface area contributed by atoms with Crippen LogP contribution >= 0.6 is 0 Å². The van der Waals surface area contributed by atoms with Gasteiger partial charge < -0.3 is 10.6 Å². The Kier molecular flexibility index (Phi) is 4.67. The molecule has 2 aromatic heterocycles. The Hall–Kier alpha value is -2.24. The minimum atomic E-state index is 0.275. The first kappa shape index (κ1) is 15.2. The highest BCUT2D eigenvalue weighted by atomic mass is 15.1. The molecule has 0 atom stereocenters. The second kappa shape index (κ2) is 6.47. The van der Waals surface area contributed by atoms with E-state index in [-0.39, 0.29) is 5.92 Å². The molecule has 0 aliphatic rings. The number of aryl methyl sites for hydroxylation is 1. The zero-order chi connectivity index (χ0) is 15.4. The van der Waals surface area contributed by atoms with Crippen molar-refractivity contribution in [2.75, 3.05) is 17.7 Å². The van der Waals surface area contributed by atoms with Gasteiger partial charge in [-0.2, -0.15) is 0 Å². The number of anilines is 2. The Labute approximate surface area is 125 Å². The Bertz CT molecular complexity index is 606. The number of aromatic nitrogens is 4. The largest absolute Gasteiger partial charge is 0.373 e. The van der Waals surface area contributed by atoms with Crippen molar-refractivity contribution < 1.29 is 0 Å². The van der Waals surface area contributed by atoms with E-state index in [1.807, 2.05) is 20.9 Å². The van der Waals surface area contributed by atoms with Crippen LogP contribution in [0, 0.1) is 13.8 Å². The van der Waals surface area contributed by atoms with E-state index in [1.54, 1.807) is 12.4 Å². The highest BCUT2D eigenvalue weighted by Gasteiger charge is 2.12. The predicted molar refractivity (Wildman–Crippen MR) is 84.5 cm³/mol. The van der Waals surface area contributed by atoms with Crippen LogP contribution in [0.1, 0.15) is 42.5 Å². The Morgan fingerprint density at radius 2 is 1.76 bits per heavy atom. The zero-order valence-electron chi connectivity index (χ0n) is 13.2. The van der Waals surface area contributed by atoms with Crippen LogP contribution in [0.2, 0.25) is 0 Å². The summed E-state index contributed by atoms with van der Waals surface area (Å²) in [5.74, 6) is 2.78. The van der Waals surface area contributed by atoms with Crippen LogP contribution in [0.15, 0.2) is 12.4 Å². The number of nitrogens with zero attached hydrogens (tertiary/aromatic N) is 4. The molecule has 0 amide bonds. The van der Waals surface area contributed by atoms with E-state index >= 15 is 0 Å². The molecule has 0 aliphatic heterocycles. The lowest BCUT2D eigenvalue weighted by Crippen LogP contribution is -2.11. The summed E-state index contributed by atoms with van der Waals surface area (Å²) in [7, 11) is 1.87. The van der Waals surface area contributed by atoms with Gasteiger partial charge in [0.1, 0.15) is 17.5 Å². The Morgan fingerprint density at radius 1 is 1.05 bits per heavy atom. The van der Waals surface area contributed by atoms with Crippen molar-refractivity contribution in [3.8, 4) is 0 Å². The van der Waals surface area contributed by atoms with E-state index < -0.39 is 0 Å². The molecule has 2 N–H and O–H groups in total. The second-order valence-electron chi connectivity index (χ2n) is 5.31. The van der Waals surface area contributed by atoms with Crippen molar-refractivity contribution in [2.45, 2.75) is 40.2 Å². The summed E-state index contributed by atoms with van der Waals surface area (Å²) in [5.41, 5.74) is 2.80. The fourth-order valence-corrected chi connectivity index (χ4v) is 1.89. The standard InChI is InChI=1S/C15H22N6/c1-9(2)13-20-14(16-5)11(4)15(21-13)19-8-12-7-17-10(3)6-18-12/h6-7,9H,8H2,1-5H3,(H2,16,19,20,21). The Morgan fingerprint density at radius 3 is 2.33 bits per heavy atom. The summed E-state index contributed by atoms with van der Waals surface area (Å²) in [4.78, 5) is 17.7. The van der Waals surface area contributed by atoms with Crippen molar-refractivity contribution >= 4 is 11.6 Å². The molecule has 2 aromatic rings. The van der Waals surface area contributed by atoms with Crippen LogP contribution in [0.4, 0.5) is 11.6 Å². The molecular formula is C15H22N6. The first-order chi connectivity index (χ1) is 10.0. The molecule has 2 rings (SSSR count). The molecule has 0 unspecified atom stereocenters. The number of nitrogens with one attached hydrogen (secondary N) is 2. The van der Waals surface area contributed by atoms with Gasteiger partial charge in [-0.1, -0.05) is 13.8 Å². The summed E-state index contributed by atoms with van der Waals surface area (Å²) in [6.45, 7) is 8.68. The zero-order valence-corrected chi connectivity index (χ0v) is 13.2. The quantitative estimate of drug-likeness (QED) is 0.880. The van der Waals surface area contributed by atoms with Gasteiger partial charge in [0.05, 0.1) is 24.1 Å². The molecule has 6 nitrogen and oxygen atoms in total. The van der Waals surface area contributed by atoms with E-state index in [0.717, 1.165) is 34.4 Å². The average Bonchev–Trinajstić information content (AvgIpc) is 2.47. The van der Waals surface area contributed by atoms with Crippen molar-refractivity contribution in [3.05, 3.63) is 35.2 Å². The Balaban J connectivity index is 2.22. The summed E-state index contributed by atoms with van der Waals surface area (Å²) in [6.07, 6.45) is 3.55. The lowest BCUT2D eigenvalue weighted by atomic mass is 10.2. The summed E-state index contributed by atoms with van der Waals surface area (Å²) >= 11 is 0. The van der Waals surface area contributed by atoms with E-state index in [9.17, 15) is 0 Å². The third-order valence-corrected chi connectivity index (χ3v) is 3.19. The molecule has 0 saturated carbocycles. The smallest absolute Gasteiger partial charge is 0.135 e. The minimum absolute atomic E-state index is 0.275. The molecule has 0 aliphatic carbocycles. The molecular weight excluding hydrogens is 264 g/mol. The van der Waals surface area contributed by atoms with Gasteiger partial charge >= 0.3 is 0 Å². The fourth-order valence-electron chi connectivity index (χ4n) is 1.89. The van der Waals surface area contributed by atoms with Gasteiger partial charge in [0.2, 0.25) is 0 Å². The molecule has 0 saturated heterocycles. The highest BCUT2D eigenvalue weighted by molar-refractivity contribution is 5.57. The summed E-state index contributed by atoms with van der Waals surface area (Å²) in [6, 6.07) is 0. The molecule has 0 aromatic carbocycles. The van der Waals surface area contributed by atoms with E-state index in [4.69, 9.17) is 0 Å². The van der Waals surface area contributed by atoms with Gasteiger partial charge in [0.15, 0.2) is 0 Å². The monoisotopic (exact) mass is 286 g/mol. The number of hydrogen-bond acceptors (Lipinski definition) is 6. The third-order valence-electron chi connectivity index (χ3n) is 3.19. The second-order valence-corrected chi connectivity index (χ2v) is 5.31. The maximum absolute atomic E-state index is 4.60. The normalized spacial score (nSPS) is 10.8. The topological polar surface area (TPSA) is 75.6 Å². The molecule has 0 bridgehead atoms. The molecule has 21 heavy (non-hydrogen) atoms. The fraction of sp³-hybridized carbons (Fsp3) is 0.467. The summed E-state index contributed by atoms with van der Waals surface area (Å²) in [5, 5.41) is 6.44. The van der Waals surface area contributed by atoms with Crippen LogP contribution in [0.5, 0.6) is 0 Å². The van der Waals surface area contributed by atoms with E-state index in [1.165, 1.54) is 0 Å². The predicted octanol–water partition coefficient (Wildman–Crippen LogP) is 2.66. The molecule has 2 heterocycles. The molecule has 0 fully saturated rings. The maximum atomic E-state index is 4.60. The van der Waals surface area contributed by atoms with Crippen LogP contribution in [-0.4, -0.2) is 27.0 Å². The average molecular weight is 286 g/mol. The van der Waals surface area contributed by atoms with Crippen molar-refractivity contribution in [1.29, 1.82) is 0 Å². The molecule has 0 radical (unpaired) electrons. The number of rotatable bonds is 5. The van der Waals surface area contributed by atoms with Gasteiger partial charge in [-0.25, -0.2) is 9.97 Å². The van der Waals surface area contributed by atoms with Crippen LogP contribution in [-0.2, 0) is 6.54 Å². The van der Waals surface area contributed by atoms with Crippen molar-refractivity contribution in [1.82, 2.24) is 19.9 Å². The van der Waals surface area contributed by atoms with Gasteiger partial charge in [-0.3, -0.25) is 9.97 Å². The third kappa shape index (κ3) is 3.65. The maximum Gasteiger partial charge on any atom is 0.135 e. The lowest BCUT2D eigenvalue weighted by molar-refractivity contribution is 0.772. The first-order valence-electron chi connectivity index (χ1n) is 7.09. The van der Waals surface area contributed by atoms with E-state index in [0.29, 0.717) is 6.54 Å². The number of hydrogen-bond donors (Lipinski definition) is 2. The van der Waals surface area contributed by atoms with Gasteiger partial charge in [-0.05, 0) is 13.8 Å². The SMILES string of the molecule is CNc1nc(C(C)C)nc(NCc2cnc(C)cn2)c1C. The van der Waals surface area contributed by atoms with Crippen molar-refractivity contribution in [3.63, 3.8) is 0 Å². The lowest BCUT2D eigenvalue weighted by Gasteiger charge is -2.15. The van der Waals surface area contributed by atoms with Gasteiger partial charge in [0, 0.05) is 24.7 Å². The van der Waals surface area contributed by atoms with Crippen LogP contribution in [0.3, 0.4) is 0 Å². The molecule has 6 heteroatoms. The van der Waals surface area contributed by atoms with Crippen LogP contribution < -0.4 is 10.6 Å². The minimum Gasteiger partial charge on any atom is -0.373 e. The first-order valence-corrected chi connectivity index (χ1v) is 7.09. The van der Waals surface area contributed by atoms with Gasteiger partial charge in [0.25, 0.3) is 0 Å². The van der Waals surface area contributed by atoms with Crippen molar-refractivity contribution in [2.24, 2.45) is 0 Å². The van der Waals surface area contributed by atoms with Gasteiger partial charge in [-0.15, -0.1) is 0 Å². The molecule has 112 valence electrons. The summed E-state index contributed by atoms with van der Waals surface area (Å²) < 4.78 is 0.